The summed E-state index contributed by atoms with van der Waals surface area (Å²) in [6.45, 7) is 8.54. The van der Waals surface area contributed by atoms with Crippen LogP contribution in [0.1, 0.15) is 51.7 Å². The topological polar surface area (TPSA) is 103 Å². The van der Waals surface area contributed by atoms with Crippen molar-refractivity contribution in [3.63, 3.8) is 0 Å². The molecule has 1 saturated heterocycles. The van der Waals surface area contributed by atoms with Gasteiger partial charge in [-0.3, -0.25) is 14.4 Å². The summed E-state index contributed by atoms with van der Waals surface area (Å²) in [6, 6.07) is 19.4. The highest BCUT2D eigenvalue weighted by atomic mass is 16.5. The summed E-state index contributed by atoms with van der Waals surface area (Å²) >= 11 is 0. The molecule has 0 saturated carbocycles. The van der Waals surface area contributed by atoms with Crippen LogP contribution in [0.5, 0.6) is 11.5 Å². The highest BCUT2D eigenvalue weighted by Crippen LogP contribution is 2.52. The van der Waals surface area contributed by atoms with Gasteiger partial charge in [0.05, 0.1) is 40.1 Å². The number of benzene rings is 3. The Kier molecular flexibility index (Phi) is 9.44. The van der Waals surface area contributed by atoms with Crippen molar-refractivity contribution in [2.75, 3.05) is 21.3 Å². The number of carbonyl (C=O) groups excluding carboxylic acids is 3. The van der Waals surface area contributed by atoms with Gasteiger partial charge in [-0.1, -0.05) is 69.3 Å². The van der Waals surface area contributed by atoms with Crippen LogP contribution in [0.2, 0.25) is 0 Å². The number of hydrogen-bond acceptors (Lipinski definition) is 7. The fourth-order valence-electron chi connectivity index (χ4n) is 6.69. The minimum Gasteiger partial charge on any atom is -0.493 e. The monoisotopic (exact) mass is 628 g/mol. The van der Waals surface area contributed by atoms with E-state index in [0.717, 1.165) is 21.9 Å². The fraction of sp³-hybridized carbons (Fsp3) is 0.432. The summed E-state index contributed by atoms with van der Waals surface area (Å²) < 4.78 is 22.6. The molecule has 5 rings (SSSR count). The van der Waals surface area contributed by atoms with E-state index < -0.39 is 23.4 Å². The van der Waals surface area contributed by atoms with E-state index in [1.807, 2.05) is 61.5 Å². The van der Waals surface area contributed by atoms with E-state index >= 15 is 0 Å². The van der Waals surface area contributed by atoms with E-state index in [2.05, 4.69) is 26.1 Å². The molecule has 0 bridgehead atoms. The fourth-order valence-corrected chi connectivity index (χ4v) is 6.69. The van der Waals surface area contributed by atoms with E-state index in [9.17, 15) is 14.4 Å². The smallest absolute Gasteiger partial charge is 0.320 e. The average Bonchev–Trinajstić information content (AvgIpc) is 3.05. The molecule has 46 heavy (non-hydrogen) atoms. The number of rotatable bonds is 9. The van der Waals surface area contributed by atoms with Crippen molar-refractivity contribution in [2.45, 2.75) is 65.8 Å². The van der Waals surface area contributed by atoms with Gasteiger partial charge >= 0.3 is 5.97 Å². The van der Waals surface area contributed by atoms with Gasteiger partial charge in [-0.25, -0.2) is 0 Å². The minimum atomic E-state index is -1.27. The van der Waals surface area contributed by atoms with Crippen molar-refractivity contribution in [3.05, 3.63) is 83.6 Å². The lowest BCUT2D eigenvalue weighted by molar-refractivity contribution is -0.180. The Labute approximate surface area is 270 Å². The molecule has 2 heterocycles. The number of ether oxygens (including phenoxy) is 4. The van der Waals surface area contributed by atoms with Crippen molar-refractivity contribution in [2.24, 2.45) is 16.7 Å². The van der Waals surface area contributed by atoms with Crippen LogP contribution in [0, 0.1) is 16.7 Å². The molecule has 2 aliphatic rings. The van der Waals surface area contributed by atoms with Crippen molar-refractivity contribution in [1.29, 1.82) is 0 Å². The maximum Gasteiger partial charge on any atom is 0.320 e. The second-order valence-corrected chi connectivity index (χ2v) is 13.2. The minimum absolute atomic E-state index is 0.0954. The molecule has 0 aromatic heterocycles. The lowest BCUT2D eigenvalue weighted by atomic mass is 9.65. The Balaban J connectivity index is 1.51. The van der Waals surface area contributed by atoms with Crippen molar-refractivity contribution >= 4 is 28.6 Å². The third-order valence-electron chi connectivity index (χ3n) is 9.27. The Hall–Kier alpha value is -4.37. The molecule has 1 fully saturated rings. The maximum atomic E-state index is 14.5. The Bertz CT molecular complexity index is 1650. The number of nitrogens with one attached hydrogen (secondary N) is 1. The highest BCUT2D eigenvalue weighted by Gasteiger charge is 2.60. The van der Waals surface area contributed by atoms with Gasteiger partial charge < -0.3 is 29.2 Å². The quantitative estimate of drug-likeness (QED) is 0.299. The van der Waals surface area contributed by atoms with Gasteiger partial charge in [-0.05, 0) is 58.9 Å². The Morgan fingerprint density at radius 2 is 1.72 bits per heavy atom. The summed E-state index contributed by atoms with van der Waals surface area (Å²) in [5.41, 5.74) is 0.772. The lowest BCUT2D eigenvalue weighted by Crippen LogP contribution is -2.61. The predicted octanol–water partition coefficient (Wildman–Crippen LogP) is 5.79. The van der Waals surface area contributed by atoms with Gasteiger partial charge in [0.25, 0.3) is 0 Å². The van der Waals surface area contributed by atoms with E-state index in [0.29, 0.717) is 17.2 Å². The number of nitrogens with zero attached hydrogens (tertiary/aromatic N) is 1. The van der Waals surface area contributed by atoms with Crippen LogP contribution in [0.3, 0.4) is 0 Å². The summed E-state index contributed by atoms with van der Waals surface area (Å²) in [5, 5.41) is 5.01. The molecule has 0 spiro atoms. The molecule has 0 unspecified atom stereocenters. The zero-order valence-corrected chi connectivity index (χ0v) is 27.7. The van der Waals surface area contributed by atoms with Gasteiger partial charge in [0.2, 0.25) is 11.8 Å². The van der Waals surface area contributed by atoms with E-state index in [1.165, 1.54) is 7.11 Å². The maximum absolute atomic E-state index is 14.5. The molecule has 3 aromatic carbocycles. The summed E-state index contributed by atoms with van der Waals surface area (Å²) in [4.78, 5) is 43.5. The zero-order valence-electron chi connectivity index (χ0n) is 27.7. The highest BCUT2D eigenvalue weighted by molar-refractivity contribution is 5.93. The number of likely N-dealkylation sites (tertiary alicyclic amines) is 1. The second kappa shape index (κ2) is 13.2. The molecule has 4 atom stereocenters. The molecule has 9 nitrogen and oxygen atoms in total. The SMILES string of the molecule is COC(=O)[C@]12C[C@H](CC(=O)NCc3ccc(OC)c(OC)c3)C(=O)N(Cc3cccc4ccccc34)C1=C[C@H](C(C)(C)C)O[C@@H]2C. The van der Waals surface area contributed by atoms with Crippen LogP contribution in [0.25, 0.3) is 10.8 Å². The number of carbonyl (C=O) groups is 3. The van der Waals surface area contributed by atoms with Crippen LogP contribution in [-0.4, -0.2) is 56.2 Å². The number of piperidine rings is 1. The standard InChI is InChI=1S/C37H44N2O7/c1-23-37(35(42)45-7)20-27(18-33(40)38-21-24-15-16-29(43-5)30(17-24)44-6)34(41)39(31(37)19-32(46-23)36(2,3)4)22-26-13-10-12-25-11-8-9-14-28(25)26/h8-17,19,23,27,32H,18,20-22H2,1-7H3,(H,38,40)/t23-,27+,32-,37+/m1/s1. The molecule has 0 radical (unpaired) electrons. The molecule has 2 aliphatic heterocycles. The largest absolute Gasteiger partial charge is 0.493 e. The first-order chi connectivity index (χ1) is 21.9. The summed E-state index contributed by atoms with van der Waals surface area (Å²) in [7, 11) is 4.47. The van der Waals surface area contributed by atoms with Crippen molar-refractivity contribution < 1.29 is 33.3 Å². The van der Waals surface area contributed by atoms with Crippen LogP contribution >= 0.6 is 0 Å². The number of fused-ring (bicyclic) bond motifs is 2. The normalized spacial score (nSPS) is 22.9. The van der Waals surface area contributed by atoms with Gasteiger partial charge in [0, 0.05) is 24.6 Å². The van der Waals surface area contributed by atoms with Crippen molar-refractivity contribution in [3.8, 4) is 11.5 Å². The first kappa shape index (κ1) is 33.0. The third-order valence-corrected chi connectivity index (χ3v) is 9.27. The second-order valence-electron chi connectivity index (χ2n) is 13.2. The number of hydrogen-bond donors (Lipinski definition) is 1. The third kappa shape index (κ3) is 6.20. The molecule has 244 valence electrons. The van der Waals surface area contributed by atoms with Gasteiger partial charge in [-0.2, -0.15) is 0 Å². The summed E-state index contributed by atoms with van der Waals surface area (Å²) in [5.74, 6) is -0.630. The van der Waals surface area contributed by atoms with Crippen LogP contribution < -0.4 is 14.8 Å². The van der Waals surface area contributed by atoms with Crippen LogP contribution in [0.4, 0.5) is 0 Å². The van der Waals surface area contributed by atoms with Gasteiger partial charge in [0.15, 0.2) is 11.5 Å². The van der Waals surface area contributed by atoms with Crippen LogP contribution in [-0.2, 0) is 36.9 Å². The van der Waals surface area contributed by atoms with E-state index in [4.69, 9.17) is 18.9 Å². The number of esters is 1. The Morgan fingerprint density at radius 3 is 2.41 bits per heavy atom. The first-order valence-corrected chi connectivity index (χ1v) is 15.6. The Morgan fingerprint density at radius 1 is 1.00 bits per heavy atom. The molecular formula is C37H44N2O7. The van der Waals surface area contributed by atoms with Gasteiger partial charge in [0.1, 0.15) is 5.41 Å². The van der Waals surface area contributed by atoms with E-state index in [-0.39, 0.29) is 49.3 Å². The molecule has 0 aliphatic carbocycles. The zero-order chi connectivity index (χ0) is 33.2. The molecule has 2 amide bonds. The molecule has 3 aromatic rings. The molecule has 9 heteroatoms. The number of methoxy groups -OCH3 is 3. The lowest BCUT2D eigenvalue weighted by Gasteiger charge is -2.53. The molecule has 1 N–H and O–H groups in total. The average molecular weight is 629 g/mol. The van der Waals surface area contributed by atoms with Gasteiger partial charge in [-0.15, -0.1) is 0 Å². The van der Waals surface area contributed by atoms with E-state index in [1.54, 1.807) is 31.3 Å². The van der Waals surface area contributed by atoms with Crippen molar-refractivity contribution in [1.82, 2.24) is 10.2 Å². The number of amides is 2. The van der Waals surface area contributed by atoms with Crippen LogP contribution in [0.15, 0.2) is 72.4 Å². The first-order valence-electron chi connectivity index (χ1n) is 15.6. The predicted molar refractivity (Wildman–Crippen MR) is 175 cm³/mol. The molecular weight excluding hydrogens is 584 g/mol. The summed E-state index contributed by atoms with van der Waals surface area (Å²) in [6.07, 6.45) is 0.967.